The maximum atomic E-state index is 12.6. The van der Waals surface area contributed by atoms with Gasteiger partial charge in [0.2, 0.25) is 0 Å². The van der Waals surface area contributed by atoms with E-state index in [0.29, 0.717) is 5.78 Å². The Kier molecular flexibility index (Phi) is 3.23. The van der Waals surface area contributed by atoms with Crippen LogP contribution in [0, 0.1) is 19.8 Å². The average Bonchev–Trinajstić information content (AvgIpc) is 2.67. The molecule has 96 valence electrons. The number of aryl methyl sites for hydroxylation is 2. The SMILES string of the molecule is Cc1ccc(C(=O)C2CC3CCC(C2)S3)c(C)c1. The van der Waals surface area contributed by atoms with Crippen molar-refractivity contribution in [1.29, 1.82) is 0 Å². The van der Waals surface area contributed by atoms with Crippen molar-refractivity contribution in [1.82, 2.24) is 0 Å². The van der Waals surface area contributed by atoms with Crippen LogP contribution >= 0.6 is 11.8 Å². The summed E-state index contributed by atoms with van der Waals surface area (Å²) >= 11 is 2.12. The van der Waals surface area contributed by atoms with Gasteiger partial charge in [-0.15, -0.1) is 0 Å². The Morgan fingerprint density at radius 2 is 1.83 bits per heavy atom. The summed E-state index contributed by atoms with van der Waals surface area (Å²) in [6, 6.07) is 6.21. The number of carbonyl (C=O) groups is 1. The number of fused-ring (bicyclic) bond motifs is 2. The first kappa shape index (κ1) is 12.3. The lowest BCUT2D eigenvalue weighted by atomic mass is 9.88. The van der Waals surface area contributed by atoms with E-state index in [0.717, 1.165) is 34.5 Å². The molecule has 0 spiro atoms. The number of carbonyl (C=O) groups excluding carboxylic acids is 1. The average molecular weight is 260 g/mol. The second kappa shape index (κ2) is 4.73. The van der Waals surface area contributed by atoms with Crippen molar-refractivity contribution < 1.29 is 4.79 Å². The summed E-state index contributed by atoms with van der Waals surface area (Å²) in [5.41, 5.74) is 3.34. The monoisotopic (exact) mass is 260 g/mol. The molecule has 0 aliphatic carbocycles. The van der Waals surface area contributed by atoms with Crippen LogP contribution in [-0.4, -0.2) is 16.3 Å². The summed E-state index contributed by atoms with van der Waals surface area (Å²) in [5, 5.41) is 1.51. The second-order valence-corrected chi connectivity index (χ2v) is 7.41. The highest BCUT2D eigenvalue weighted by atomic mass is 32.2. The standard InChI is InChI=1S/C16H20OS/c1-10-3-6-15(11(2)7-10)16(17)12-8-13-4-5-14(9-12)18-13/h3,6-7,12-14H,4-5,8-9H2,1-2H3. The molecule has 0 N–H and O–H groups in total. The van der Waals surface area contributed by atoms with Gasteiger partial charge in [0.1, 0.15) is 0 Å². The predicted octanol–water partition coefficient (Wildman–Crippen LogP) is 4.16. The molecule has 2 unspecified atom stereocenters. The Bertz CT molecular complexity index is 468. The lowest BCUT2D eigenvalue weighted by Gasteiger charge is -2.26. The smallest absolute Gasteiger partial charge is 0.166 e. The van der Waals surface area contributed by atoms with Crippen molar-refractivity contribution in [3.05, 3.63) is 34.9 Å². The molecule has 0 saturated carbocycles. The third-order valence-electron chi connectivity index (χ3n) is 4.31. The van der Waals surface area contributed by atoms with Crippen molar-refractivity contribution >= 4 is 17.5 Å². The summed E-state index contributed by atoms with van der Waals surface area (Å²) < 4.78 is 0. The van der Waals surface area contributed by atoms with E-state index < -0.39 is 0 Å². The third-order valence-corrected chi connectivity index (χ3v) is 5.93. The molecule has 2 saturated heterocycles. The van der Waals surface area contributed by atoms with Crippen molar-refractivity contribution in [2.45, 2.75) is 50.0 Å². The minimum Gasteiger partial charge on any atom is -0.294 e. The second-order valence-electron chi connectivity index (χ2n) is 5.81. The lowest BCUT2D eigenvalue weighted by molar-refractivity contribution is 0.0906. The highest BCUT2D eigenvalue weighted by molar-refractivity contribution is 8.00. The van der Waals surface area contributed by atoms with Crippen LogP contribution in [0.3, 0.4) is 0 Å². The molecule has 2 heteroatoms. The van der Waals surface area contributed by atoms with Crippen LogP contribution in [-0.2, 0) is 0 Å². The molecular formula is C16H20OS. The number of Topliss-reactive ketones (excluding diaryl/α,β-unsaturated/α-hetero) is 1. The quantitative estimate of drug-likeness (QED) is 0.743. The highest BCUT2D eigenvalue weighted by Crippen LogP contribution is 2.46. The van der Waals surface area contributed by atoms with Crippen LogP contribution < -0.4 is 0 Å². The van der Waals surface area contributed by atoms with Gasteiger partial charge in [-0.25, -0.2) is 0 Å². The van der Waals surface area contributed by atoms with E-state index in [4.69, 9.17) is 0 Å². The third kappa shape index (κ3) is 2.23. The fourth-order valence-electron chi connectivity index (χ4n) is 3.38. The van der Waals surface area contributed by atoms with Gasteiger partial charge in [-0.2, -0.15) is 11.8 Å². The molecule has 2 heterocycles. The Morgan fingerprint density at radius 1 is 1.17 bits per heavy atom. The van der Waals surface area contributed by atoms with Crippen LogP contribution in [0.2, 0.25) is 0 Å². The Balaban J connectivity index is 1.82. The molecular weight excluding hydrogens is 240 g/mol. The van der Waals surface area contributed by atoms with Gasteiger partial charge in [0.15, 0.2) is 5.78 Å². The van der Waals surface area contributed by atoms with Crippen LogP contribution in [0.1, 0.15) is 47.2 Å². The van der Waals surface area contributed by atoms with Crippen molar-refractivity contribution in [2.24, 2.45) is 5.92 Å². The maximum absolute atomic E-state index is 12.6. The topological polar surface area (TPSA) is 17.1 Å². The minimum atomic E-state index is 0.283. The zero-order valence-electron chi connectivity index (χ0n) is 11.1. The predicted molar refractivity (Wildman–Crippen MR) is 77.4 cm³/mol. The van der Waals surface area contributed by atoms with E-state index in [1.54, 1.807) is 0 Å². The zero-order valence-corrected chi connectivity index (χ0v) is 11.9. The number of thioether (sulfide) groups is 1. The van der Waals surface area contributed by atoms with Crippen LogP contribution in [0.25, 0.3) is 0 Å². The van der Waals surface area contributed by atoms with Gasteiger partial charge >= 0.3 is 0 Å². The fourth-order valence-corrected chi connectivity index (χ4v) is 5.16. The molecule has 1 aromatic rings. The van der Waals surface area contributed by atoms with Gasteiger partial charge in [-0.3, -0.25) is 4.79 Å². The molecule has 1 nitrogen and oxygen atoms in total. The first-order valence-corrected chi connectivity index (χ1v) is 7.84. The van der Waals surface area contributed by atoms with Crippen LogP contribution in [0.4, 0.5) is 0 Å². The summed E-state index contributed by atoms with van der Waals surface area (Å²) in [6.45, 7) is 4.14. The maximum Gasteiger partial charge on any atom is 0.166 e. The van der Waals surface area contributed by atoms with Gasteiger partial charge in [-0.1, -0.05) is 23.8 Å². The molecule has 0 radical (unpaired) electrons. The summed E-state index contributed by atoms with van der Waals surface area (Å²) in [7, 11) is 0. The molecule has 0 aromatic heterocycles. The Labute approximate surface area is 113 Å². The number of benzene rings is 1. The first-order chi connectivity index (χ1) is 8.63. The number of rotatable bonds is 2. The largest absolute Gasteiger partial charge is 0.294 e. The fraction of sp³-hybridized carbons (Fsp3) is 0.562. The van der Waals surface area contributed by atoms with Gasteiger partial charge in [0, 0.05) is 22.0 Å². The number of ketones is 1. The molecule has 2 aliphatic rings. The normalized spacial score (nSPS) is 30.4. The first-order valence-electron chi connectivity index (χ1n) is 6.90. The molecule has 2 bridgehead atoms. The molecule has 1 aromatic carbocycles. The van der Waals surface area contributed by atoms with Gasteiger partial charge in [-0.05, 0) is 45.1 Å². The summed E-state index contributed by atoms with van der Waals surface area (Å²) in [4.78, 5) is 12.6. The van der Waals surface area contributed by atoms with Crippen LogP contribution in [0.5, 0.6) is 0 Å². The molecule has 2 atom stereocenters. The van der Waals surface area contributed by atoms with Gasteiger partial charge < -0.3 is 0 Å². The summed E-state index contributed by atoms with van der Waals surface area (Å²) in [6.07, 6.45) is 4.86. The molecule has 0 amide bonds. The van der Waals surface area contributed by atoms with Gasteiger partial charge in [0.05, 0.1) is 0 Å². The van der Waals surface area contributed by atoms with Gasteiger partial charge in [0.25, 0.3) is 0 Å². The van der Waals surface area contributed by atoms with Crippen LogP contribution in [0.15, 0.2) is 18.2 Å². The zero-order chi connectivity index (χ0) is 12.7. The van der Waals surface area contributed by atoms with E-state index in [1.165, 1.54) is 18.4 Å². The van der Waals surface area contributed by atoms with E-state index in [1.807, 2.05) is 6.07 Å². The lowest BCUT2D eigenvalue weighted by Crippen LogP contribution is -2.25. The molecule has 2 aliphatic heterocycles. The number of hydrogen-bond acceptors (Lipinski definition) is 2. The van der Waals surface area contributed by atoms with E-state index in [2.05, 4.69) is 37.7 Å². The Morgan fingerprint density at radius 3 is 2.44 bits per heavy atom. The molecule has 18 heavy (non-hydrogen) atoms. The van der Waals surface area contributed by atoms with Crippen molar-refractivity contribution in [2.75, 3.05) is 0 Å². The van der Waals surface area contributed by atoms with E-state index in [-0.39, 0.29) is 5.92 Å². The highest BCUT2D eigenvalue weighted by Gasteiger charge is 2.38. The Hall–Kier alpha value is -0.760. The van der Waals surface area contributed by atoms with Crippen molar-refractivity contribution in [3.8, 4) is 0 Å². The molecule has 3 rings (SSSR count). The van der Waals surface area contributed by atoms with Crippen molar-refractivity contribution in [3.63, 3.8) is 0 Å². The van der Waals surface area contributed by atoms with E-state index >= 15 is 0 Å². The number of hydrogen-bond donors (Lipinski definition) is 0. The van der Waals surface area contributed by atoms with E-state index in [9.17, 15) is 4.79 Å². The summed E-state index contributed by atoms with van der Waals surface area (Å²) in [5.74, 6) is 0.676. The minimum absolute atomic E-state index is 0.283. The molecule has 2 fully saturated rings.